The molecule has 0 bridgehead atoms. The highest BCUT2D eigenvalue weighted by Gasteiger charge is 2.10. The Morgan fingerprint density at radius 3 is 2.44 bits per heavy atom. The number of hydrogen-bond acceptors (Lipinski definition) is 3. The van der Waals surface area contributed by atoms with Gasteiger partial charge in [0.15, 0.2) is 0 Å². The van der Waals surface area contributed by atoms with Crippen LogP contribution < -0.4 is 0 Å². The molecule has 1 aliphatic rings. The Balaban J connectivity index is 0.00000289. The van der Waals surface area contributed by atoms with E-state index in [1.165, 1.54) is 81.2 Å². The van der Waals surface area contributed by atoms with Crippen LogP contribution in [0, 0.1) is 0 Å². The first-order valence-corrected chi connectivity index (χ1v) is 9.62. The van der Waals surface area contributed by atoms with Crippen LogP contribution in [0.2, 0.25) is 0 Å². The Labute approximate surface area is 129 Å². The average molecular weight is 312 g/mol. The second-order valence-corrected chi connectivity index (χ2v) is 7.19. The monoisotopic (exact) mass is 311 g/mol. The van der Waals surface area contributed by atoms with E-state index in [0.29, 0.717) is 0 Å². The van der Waals surface area contributed by atoms with Gasteiger partial charge in [-0.15, -0.1) is 24.2 Å². The Morgan fingerprint density at radius 2 is 1.72 bits per heavy atom. The van der Waals surface area contributed by atoms with Crippen molar-refractivity contribution in [3.63, 3.8) is 0 Å². The molecule has 1 saturated heterocycles. The summed E-state index contributed by atoms with van der Waals surface area (Å²) in [5.74, 6) is 5.41. The van der Waals surface area contributed by atoms with E-state index in [-0.39, 0.29) is 12.4 Å². The van der Waals surface area contributed by atoms with E-state index in [2.05, 4.69) is 35.3 Å². The normalized spacial score (nSPS) is 15.8. The molecule has 1 rings (SSSR count). The molecule has 1 aliphatic heterocycles. The van der Waals surface area contributed by atoms with Gasteiger partial charge in [-0.05, 0) is 37.3 Å². The summed E-state index contributed by atoms with van der Waals surface area (Å²) in [7, 11) is 0. The van der Waals surface area contributed by atoms with Crippen LogP contribution in [0.15, 0.2) is 0 Å². The van der Waals surface area contributed by atoms with Gasteiger partial charge >= 0.3 is 0 Å². The van der Waals surface area contributed by atoms with E-state index < -0.39 is 0 Å². The van der Waals surface area contributed by atoms with E-state index in [0.717, 1.165) is 0 Å². The number of unbranched alkanes of at least 4 members (excludes halogenated alkanes) is 5. The van der Waals surface area contributed by atoms with Crippen LogP contribution in [0.5, 0.6) is 0 Å². The van der Waals surface area contributed by atoms with Crippen molar-refractivity contribution in [2.45, 2.75) is 51.9 Å². The molecule has 1 fully saturated rings. The highest BCUT2D eigenvalue weighted by atomic mass is 35.5. The summed E-state index contributed by atoms with van der Waals surface area (Å²) >= 11 is 4.24. The molecule has 0 aliphatic carbocycles. The average Bonchev–Trinajstić information content (AvgIpc) is 2.85. The van der Waals surface area contributed by atoms with Gasteiger partial charge in [-0.3, -0.25) is 4.90 Å². The van der Waals surface area contributed by atoms with Crippen molar-refractivity contribution in [2.24, 2.45) is 0 Å². The van der Waals surface area contributed by atoms with Crippen LogP contribution in [0.1, 0.15) is 51.9 Å². The molecule has 0 aromatic heterocycles. The standard InChI is InChI=1S/C14H29NS2.ClH/c1-2-3-11-16-12-8-6-4-5-7-9-15-10-13-17-14-15;/h2-14H2,1H3;1H. The molecule has 1 heterocycles. The Hall–Kier alpha value is 0.950. The molecular weight excluding hydrogens is 282 g/mol. The van der Waals surface area contributed by atoms with Crippen molar-refractivity contribution in [1.82, 2.24) is 4.90 Å². The van der Waals surface area contributed by atoms with Gasteiger partial charge in [-0.25, -0.2) is 0 Å². The summed E-state index contributed by atoms with van der Waals surface area (Å²) in [5, 5.41) is 0. The lowest BCUT2D eigenvalue weighted by Gasteiger charge is -2.12. The molecule has 0 N–H and O–H groups in total. The minimum absolute atomic E-state index is 0. The predicted octanol–water partition coefficient (Wildman–Crippen LogP) is 4.90. The zero-order valence-electron chi connectivity index (χ0n) is 11.9. The van der Waals surface area contributed by atoms with Crippen LogP contribution in [0.25, 0.3) is 0 Å². The van der Waals surface area contributed by atoms with Gasteiger partial charge in [0.05, 0.1) is 0 Å². The summed E-state index contributed by atoms with van der Waals surface area (Å²) in [4.78, 5) is 2.60. The topological polar surface area (TPSA) is 3.24 Å². The lowest BCUT2D eigenvalue weighted by Crippen LogP contribution is -2.20. The number of thioether (sulfide) groups is 2. The quantitative estimate of drug-likeness (QED) is 0.500. The first kappa shape index (κ1) is 18.9. The molecular formula is C14H30ClNS2. The second-order valence-electron chi connectivity index (χ2n) is 4.89. The molecule has 0 amide bonds. The Bertz CT molecular complexity index is 164. The van der Waals surface area contributed by atoms with Gasteiger partial charge in [0.1, 0.15) is 0 Å². The molecule has 0 unspecified atom stereocenters. The van der Waals surface area contributed by atoms with Gasteiger partial charge in [0.25, 0.3) is 0 Å². The third kappa shape index (κ3) is 10.8. The lowest BCUT2D eigenvalue weighted by molar-refractivity contribution is 0.343. The van der Waals surface area contributed by atoms with Crippen molar-refractivity contribution in [3.05, 3.63) is 0 Å². The third-order valence-corrected chi connectivity index (χ3v) is 5.40. The van der Waals surface area contributed by atoms with Gasteiger partial charge in [0.2, 0.25) is 0 Å². The van der Waals surface area contributed by atoms with Crippen LogP contribution >= 0.6 is 35.9 Å². The zero-order valence-corrected chi connectivity index (χ0v) is 14.3. The number of rotatable bonds is 11. The minimum atomic E-state index is 0. The zero-order chi connectivity index (χ0) is 12.2. The van der Waals surface area contributed by atoms with Crippen LogP contribution in [-0.4, -0.2) is 41.1 Å². The van der Waals surface area contributed by atoms with Gasteiger partial charge in [-0.2, -0.15) is 11.8 Å². The van der Waals surface area contributed by atoms with Crippen molar-refractivity contribution >= 4 is 35.9 Å². The number of halogens is 1. The maximum atomic E-state index is 2.60. The van der Waals surface area contributed by atoms with Crippen molar-refractivity contribution < 1.29 is 0 Å². The second kappa shape index (κ2) is 14.4. The van der Waals surface area contributed by atoms with E-state index in [9.17, 15) is 0 Å². The minimum Gasteiger partial charge on any atom is -0.293 e. The maximum absolute atomic E-state index is 2.60. The van der Waals surface area contributed by atoms with Crippen molar-refractivity contribution in [2.75, 3.05) is 36.2 Å². The summed E-state index contributed by atoms with van der Waals surface area (Å²) in [5.41, 5.74) is 0. The molecule has 0 radical (unpaired) electrons. The van der Waals surface area contributed by atoms with Crippen LogP contribution in [-0.2, 0) is 0 Å². The third-order valence-electron chi connectivity index (χ3n) is 3.23. The van der Waals surface area contributed by atoms with Gasteiger partial charge < -0.3 is 0 Å². The fraction of sp³-hybridized carbons (Fsp3) is 1.00. The lowest BCUT2D eigenvalue weighted by atomic mass is 10.1. The highest BCUT2D eigenvalue weighted by Crippen LogP contribution is 2.15. The summed E-state index contributed by atoms with van der Waals surface area (Å²) in [6.07, 6.45) is 9.96. The first-order chi connectivity index (χ1) is 8.43. The molecule has 4 heteroatoms. The largest absolute Gasteiger partial charge is 0.293 e. The van der Waals surface area contributed by atoms with Crippen LogP contribution in [0.4, 0.5) is 0 Å². The fourth-order valence-corrected chi connectivity index (χ4v) is 4.18. The molecule has 0 aromatic rings. The summed E-state index contributed by atoms with van der Waals surface area (Å²) < 4.78 is 0. The predicted molar refractivity (Wildman–Crippen MR) is 91.5 cm³/mol. The first-order valence-electron chi connectivity index (χ1n) is 7.31. The highest BCUT2D eigenvalue weighted by molar-refractivity contribution is 7.99. The van der Waals surface area contributed by atoms with E-state index in [1.807, 2.05) is 0 Å². The van der Waals surface area contributed by atoms with Crippen molar-refractivity contribution in [3.8, 4) is 0 Å². The van der Waals surface area contributed by atoms with Gasteiger partial charge in [-0.1, -0.05) is 32.6 Å². The molecule has 110 valence electrons. The molecule has 0 aromatic carbocycles. The summed E-state index contributed by atoms with van der Waals surface area (Å²) in [6.45, 7) is 4.95. The van der Waals surface area contributed by atoms with Gasteiger partial charge in [0, 0.05) is 18.2 Å². The maximum Gasteiger partial charge on any atom is 0.0445 e. The smallest absolute Gasteiger partial charge is 0.0445 e. The van der Waals surface area contributed by atoms with Crippen molar-refractivity contribution in [1.29, 1.82) is 0 Å². The van der Waals surface area contributed by atoms with E-state index in [4.69, 9.17) is 0 Å². The van der Waals surface area contributed by atoms with E-state index >= 15 is 0 Å². The molecule has 1 nitrogen and oxygen atoms in total. The molecule has 0 atom stereocenters. The Kier molecular flexibility index (Phi) is 15.1. The number of hydrogen-bond donors (Lipinski definition) is 0. The fourth-order valence-electron chi connectivity index (χ4n) is 2.05. The molecule has 0 spiro atoms. The van der Waals surface area contributed by atoms with Crippen LogP contribution in [0.3, 0.4) is 0 Å². The number of nitrogens with zero attached hydrogens (tertiary/aromatic N) is 1. The SMILES string of the molecule is CCCCSCCCCCCCN1CCSC1.Cl. The van der Waals surface area contributed by atoms with E-state index in [1.54, 1.807) is 0 Å². The molecule has 0 saturated carbocycles. The molecule has 18 heavy (non-hydrogen) atoms. The Morgan fingerprint density at radius 1 is 1.00 bits per heavy atom. The summed E-state index contributed by atoms with van der Waals surface area (Å²) in [6, 6.07) is 0.